The molecule has 17 aromatic rings. The number of hydrogen-bond donors (Lipinski definition) is 12. The van der Waals surface area contributed by atoms with Crippen LogP contribution in [0.25, 0.3) is 122 Å². The van der Waals surface area contributed by atoms with Crippen LogP contribution < -0.4 is 37.9 Å². The number of nitrogens with one attached hydrogen (secondary N) is 5. The molecule has 5 aromatic carbocycles. The number of ether oxygens (including phenoxy) is 1. The fourth-order valence-electron chi connectivity index (χ4n) is 18.7. The van der Waals surface area contributed by atoms with Crippen molar-refractivity contribution in [1.29, 1.82) is 0 Å². The SMILES string of the molecule is CCOc1cccc2cc(-c3nc(C4CCC(C(=O)O)CC4)n4ccnc(N)c34)[nH]c12.Nc1nccn2c(C3CCC(CNC(=O)C(F)(F)F)CC3)nc(-c3cc4cccc(Cl)c4[nH]3)c12.Nc1nccn2c(N3CCC(C(=O)O)CC3)nc(-c3cc4cccc(Cl)c4[nH]3)c12.Nc1ncnn2c(C3CCC(C(=O)O)CC3)nc(-c3cc4cccc(-c5ccc(F)cc5)c4[nH]3)c12. The molecule has 662 valence electrons. The predicted molar refractivity (Wildman–Crippen MR) is 484 cm³/mol. The standard InChI is InChI=1S/C26H23FN6O2.C23H22ClF3N6O.C23H25N5O3.C20H19ClN6O2/c27-18-10-8-14(9-11-18)19-3-1-2-17-12-20(31-21(17)19)22-23-24(28)29-13-30-33(23)25(32-22)15-4-6-16(7-5-15)26(34)35;24-15-3-1-2-14-10-16(31-17(14)15)18-19-20(28)29-8-9-33(19)21(32-18)13-6-4-12(5-7-13)11-30-22(34)23(25,26)27;1-2-31-17-5-3-4-15-12-16(26-18(15)17)19-20-21(24)25-10-11-28(20)22(27-19)13-6-8-14(9-7-13)23(29)30;21-13-3-1-2-12-10-14(24-15(12)13)16-17-18(22)23-6-9-27(17)20(25-16)26-7-4-11(5-8-26)19(28)29/h1-3,8-13,15-16,31H,4-7H2,(H,34,35)(H2,28,29,30);1-3,8-10,12-13,31H,4-7,11H2,(H2,28,29)(H,30,34);3-5,10-14,26H,2,6-9H2,1H3,(H2,24,25)(H,29,30);1-3,6,9-11,24H,4-5,7-8H2,(H2,22,23)(H,28,29). The molecular formula is C92H89Cl2F4N23O8. The normalized spacial score (nSPS) is 18.1. The number of halogens is 6. The second-order valence-corrected chi connectivity index (χ2v) is 33.9. The quantitative estimate of drug-likeness (QED) is 0.0400. The number of H-pyrrole nitrogens is 4. The Morgan fingerprint density at radius 1 is 0.488 bits per heavy atom. The van der Waals surface area contributed by atoms with Gasteiger partial charge in [-0.25, -0.2) is 48.8 Å². The average Bonchev–Trinajstić information content (AvgIpc) is 1.61. The third kappa shape index (κ3) is 16.9. The van der Waals surface area contributed by atoms with Crippen molar-refractivity contribution in [3.05, 3.63) is 198 Å². The van der Waals surface area contributed by atoms with Gasteiger partial charge in [-0.3, -0.25) is 32.4 Å². The third-order valence-electron chi connectivity index (χ3n) is 25.3. The number of aliphatic carboxylic acids is 3. The fourth-order valence-corrected chi connectivity index (χ4v) is 19.1. The first-order chi connectivity index (χ1) is 62.3. The topological polar surface area (TPSA) is 454 Å². The van der Waals surface area contributed by atoms with Crippen LogP contribution in [0.1, 0.15) is 132 Å². The Morgan fingerprint density at radius 3 is 1.40 bits per heavy atom. The summed E-state index contributed by atoms with van der Waals surface area (Å²) in [7, 11) is 0. The van der Waals surface area contributed by atoms with Crippen LogP contribution in [-0.4, -0.2) is 154 Å². The number of para-hydroxylation sites is 4. The number of nitrogen functional groups attached to an aromatic ring is 4. The number of imidazole rings is 4. The van der Waals surface area contributed by atoms with Crippen LogP contribution in [0.3, 0.4) is 0 Å². The van der Waals surface area contributed by atoms with E-state index in [2.05, 4.69) is 55.9 Å². The number of aromatic amines is 4. The first-order valence-electron chi connectivity index (χ1n) is 42.6. The third-order valence-corrected chi connectivity index (χ3v) is 25.9. The first kappa shape index (κ1) is 85.4. The summed E-state index contributed by atoms with van der Waals surface area (Å²) in [5.74, 6) is 0.657. The lowest BCUT2D eigenvalue weighted by atomic mass is 9.81. The Balaban J connectivity index is 0.000000116. The molecule has 1 saturated heterocycles. The lowest BCUT2D eigenvalue weighted by Crippen LogP contribution is -2.40. The molecule has 4 fully saturated rings. The zero-order valence-electron chi connectivity index (χ0n) is 69.6. The Hall–Kier alpha value is -14.4. The largest absolute Gasteiger partial charge is 0.492 e. The number of anilines is 5. The number of carboxylic acid groups (broad SMARTS) is 3. The van der Waals surface area contributed by atoms with E-state index in [9.17, 15) is 52.1 Å². The highest BCUT2D eigenvalue weighted by Gasteiger charge is 2.40. The van der Waals surface area contributed by atoms with E-state index in [0.717, 1.165) is 156 Å². The molecule has 0 unspecified atom stereocenters. The van der Waals surface area contributed by atoms with Gasteiger partial charge in [-0.2, -0.15) is 18.3 Å². The zero-order valence-corrected chi connectivity index (χ0v) is 71.1. The van der Waals surface area contributed by atoms with E-state index in [4.69, 9.17) is 70.8 Å². The minimum atomic E-state index is -4.86. The lowest BCUT2D eigenvalue weighted by molar-refractivity contribution is -0.173. The summed E-state index contributed by atoms with van der Waals surface area (Å²) in [5, 5.41) is 39.6. The van der Waals surface area contributed by atoms with E-state index in [1.54, 1.807) is 35.2 Å². The van der Waals surface area contributed by atoms with Gasteiger partial charge in [-0.05, 0) is 163 Å². The maximum Gasteiger partial charge on any atom is 0.471 e. The maximum atomic E-state index is 13.5. The van der Waals surface area contributed by atoms with Gasteiger partial charge in [0, 0.05) is 102 Å². The zero-order chi connectivity index (χ0) is 89.8. The number of carbonyl (C=O) groups excluding carboxylic acids is 1. The van der Waals surface area contributed by atoms with Crippen molar-refractivity contribution >= 4 is 142 Å². The number of carboxylic acids is 3. The number of benzene rings is 5. The molecule has 0 radical (unpaired) electrons. The fraction of sp³-hybridized carbons (Fsp3) is 0.293. The summed E-state index contributed by atoms with van der Waals surface area (Å²) >= 11 is 12.7. The van der Waals surface area contributed by atoms with E-state index in [-0.39, 0.29) is 53.8 Å². The number of amides is 1. The highest BCUT2D eigenvalue weighted by Crippen LogP contribution is 2.46. The number of fused-ring (bicyclic) bond motifs is 8. The van der Waals surface area contributed by atoms with Crippen LogP contribution in [0.5, 0.6) is 5.75 Å². The van der Waals surface area contributed by atoms with Gasteiger partial charge in [0.15, 0.2) is 5.82 Å². The number of nitrogens with two attached hydrogens (primary N) is 4. The summed E-state index contributed by atoms with van der Waals surface area (Å²) in [5.41, 5.74) is 39.1. The van der Waals surface area contributed by atoms with Crippen LogP contribution >= 0.6 is 23.2 Å². The second kappa shape index (κ2) is 35.5. The monoisotopic (exact) mass is 1790 g/mol. The minimum absolute atomic E-state index is 0.00386. The van der Waals surface area contributed by atoms with Gasteiger partial charge < -0.3 is 73.1 Å². The molecule has 3 saturated carbocycles. The van der Waals surface area contributed by atoms with Crippen LogP contribution in [0.4, 0.5) is 46.8 Å². The van der Waals surface area contributed by atoms with Crippen molar-refractivity contribution in [2.24, 2.45) is 23.7 Å². The molecule has 21 rings (SSSR count). The van der Waals surface area contributed by atoms with Crippen LogP contribution in [-0.2, 0) is 19.2 Å². The molecule has 12 aromatic heterocycles. The van der Waals surface area contributed by atoms with Gasteiger partial charge in [0.1, 0.15) is 97.7 Å². The first-order valence-corrected chi connectivity index (χ1v) is 43.4. The van der Waals surface area contributed by atoms with Crippen molar-refractivity contribution in [2.45, 2.75) is 121 Å². The minimum Gasteiger partial charge on any atom is -0.492 e. The van der Waals surface area contributed by atoms with E-state index in [1.165, 1.54) is 18.5 Å². The Bertz CT molecular complexity index is 7120. The van der Waals surface area contributed by atoms with E-state index >= 15 is 0 Å². The van der Waals surface area contributed by atoms with Crippen molar-refractivity contribution in [3.63, 3.8) is 0 Å². The number of piperidine rings is 1. The molecule has 0 atom stereocenters. The Labute approximate surface area is 741 Å². The number of nitrogens with zero attached hydrogens (tertiary/aromatic N) is 14. The molecule has 0 spiro atoms. The number of hydrogen-bond acceptors (Lipinski definition) is 19. The van der Waals surface area contributed by atoms with E-state index in [0.29, 0.717) is 138 Å². The van der Waals surface area contributed by atoms with Gasteiger partial charge >= 0.3 is 30.0 Å². The summed E-state index contributed by atoms with van der Waals surface area (Å²) < 4.78 is 64.2. The molecule has 1 amide bonds. The van der Waals surface area contributed by atoms with Gasteiger partial charge in [-0.1, -0.05) is 89.9 Å². The average molecular weight is 1790 g/mol. The predicted octanol–water partition coefficient (Wildman–Crippen LogP) is 17.7. The number of aromatic nitrogens is 17. The summed E-state index contributed by atoms with van der Waals surface area (Å²) in [6.07, 6.45) is 16.6. The molecule has 0 bridgehead atoms. The van der Waals surface area contributed by atoms with Crippen LogP contribution in [0.2, 0.25) is 10.0 Å². The maximum absolute atomic E-state index is 13.5. The lowest BCUT2D eigenvalue weighted by Gasteiger charge is -2.30. The number of alkyl halides is 3. The summed E-state index contributed by atoms with van der Waals surface area (Å²) in [6, 6.07) is 37.7. The van der Waals surface area contributed by atoms with Crippen LogP contribution in [0, 0.1) is 29.5 Å². The molecular weight excluding hydrogens is 1700 g/mol. The highest BCUT2D eigenvalue weighted by molar-refractivity contribution is 6.35. The molecule has 1 aliphatic heterocycles. The van der Waals surface area contributed by atoms with Crippen LogP contribution in [0.15, 0.2) is 165 Å². The van der Waals surface area contributed by atoms with Gasteiger partial charge in [0.2, 0.25) is 5.95 Å². The molecule has 16 N–H and O–H groups in total. The molecule has 3 aliphatic carbocycles. The molecule has 13 heterocycles. The smallest absolute Gasteiger partial charge is 0.471 e. The Kier molecular flexibility index (Phi) is 23.5. The van der Waals surface area contributed by atoms with Crippen molar-refractivity contribution in [2.75, 3.05) is 54.1 Å². The molecule has 129 heavy (non-hydrogen) atoms. The van der Waals surface area contributed by atoms with Gasteiger partial charge in [0.25, 0.3) is 0 Å². The van der Waals surface area contributed by atoms with Crippen molar-refractivity contribution in [3.8, 4) is 62.4 Å². The Morgan fingerprint density at radius 2 is 0.899 bits per heavy atom. The van der Waals surface area contributed by atoms with E-state index < -0.39 is 30.0 Å². The van der Waals surface area contributed by atoms with Gasteiger partial charge in [0.05, 0.1) is 79.2 Å². The van der Waals surface area contributed by atoms with Crippen molar-refractivity contribution in [1.82, 2.24) is 87.9 Å². The molecule has 37 heteroatoms. The number of rotatable bonds is 16. The summed E-state index contributed by atoms with van der Waals surface area (Å²) in [4.78, 5) is 97.7. The summed E-state index contributed by atoms with van der Waals surface area (Å²) in [6.45, 7) is 3.81. The second-order valence-electron chi connectivity index (χ2n) is 33.1. The van der Waals surface area contributed by atoms with Gasteiger partial charge in [-0.15, -0.1) is 0 Å². The molecule has 4 aliphatic rings. The van der Waals surface area contributed by atoms with Crippen molar-refractivity contribution < 1.29 is 56.8 Å². The van der Waals surface area contributed by atoms with E-state index in [1.807, 2.05) is 135 Å². The molecule has 31 nitrogen and oxygen atoms in total. The number of carbonyl (C=O) groups is 4. The highest BCUT2D eigenvalue weighted by atomic mass is 35.5.